The largest absolute Gasteiger partial charge is 0.326 e. The Morgan fingerprint density at radius 3 is 2.93 bits per heavy atom. The maximum atomic E-state index is 10.9. The highest BCUT2D eigenvalue weighted by Gasteiger charge is 2.02. The summed E-state index contributed by atoms with van der Waals surface area (Å²) >= 11 is 1.69. The minimum Gasteiger partial charge on any atom is -0.326 e. The molecule has 0 fully saturated rings. The lowest BCUT2D eigenvalue weighted by atomic mass is 10.2. The highest BCUT2D eigenvalue weighted by molar-refractivity contribution is 7.19. The van der Waals surface area contributed by atoms with Crippen molar-refractivity contribution < 1.29 is 4.79 Å². The number of carbonyl (C=O) groups is 1. The van der Waals surface area contributed by atoms with Crippen molar-refractivity contribution in [1.29, 1.82) is 0 Å². The number of rotatable bonds is 2. The number of hydrogen-bond acceptors (Lipinski definition) is 3. The van der Waals surface area contributed by atoms with E-state index in [1.807, 2.05) is 18.2 Å². The van der Waals surface area contributed by atoms with E-state index in [4.69, 9.17) is 5.73 Å². The summed E-state index contributed by atoms with van der Waals surface area (Å²) in [4.78, 5) is 12.0. The van der Waals surface area contributed by atoms with Crippen LogP contribution in [0.4, 0.5) is 5.69 Å². The van der Waals surface area contributed by atoms with Crippen molar-refractivity contribution in [3.05, 3.63) is 29.1 Å². The van der Waals surface area contributed by atoms with Gasteiger partial charge in [0.15, 0.2) is 0 Å². The lowest BCUT2D eigenvalue weighted by molar-refractivity contribution is -0.114. The van der Waals surface area contributed by atoms with E-state index in [1.165, 1.54) is 11.6 Å². The lowest BCUT2D eigenvalue weighted by Gasteiger charge is -2.00. The Kier molecular flexibility index (Phi) is 2.70. The summed E-state index contributed by atoms with van der Waals surface area (Å²) in [5.74, 6) is -0.0522. The summed E-state index contributed by atoms with van der Waals surface area (Å²) < 4.78 is 1.20. The van der Waals surface area contributed by atoms with Gasteiger partial charge in [0, 0.05) is 28.7 Å². The molecule has 0 radical (unpaired) electrons. The average Bonchev–Trinajstić information content (AvgIpc) is 2.58. The van der Waals surface area contributed by atoms with Gasteiger partial charge >= 0.3 is 0 Å². The predicted octanol–water partition coefficient (Wildman–Crippen LogP) is 2.32. The Morgan fingerprint density at radius 2 is 2.27 bits per heavy atom. The number of fused-ring (bicyclic) bond motifs is 1. The minimum atomic E-state index is -0.0522. The minimum absolute atomic E-state index is 0.0522. The van der Waals surface area contributed by atoms with Crippen LogP contribution in [0, 0.1) is 0 Å². The SMILES string of the molecule is CC(=O)Nc1ccc2sc(CN)cc2c1. The van der Waals surface area contributed by atoms with E-state index in [9.17, 15) is 4.79 Å². The monoisotopic (exact) mass is 220 g/mol. The van der Waals surface area contributed by atoms with Crippen LogP contribution in [0.1, 0.15) is 11.8 Å². The molecule has 0 spiro atoms. The normalized spacial score (nSPS) is 10.5. The first kappa shape index (κ1) is 10.1. The molecule has 0 saturated heterocycles. The van der Waals surface area contributed by atoms with Crippen LogP contribution < -0.4 is 11.1 Å². The first-order valence-electron chi connectivity index (χ1n) is 4.69. The molecular weight excluding hydrogens is 208 g/mol. The predicted molar refractivity (Wildman–Crippen MR) is 64.0 cm³/mol. The Balaban J connectivity index is 2.41. The van der Waals surface area contributed by atoms with Crippen LogP contribution in [-0.4, -0.2) is 5.91 Å². The van der Waals surface area contributed by atoms with Gasteiger partial charge in [-0.15, -0.1) is 11.3 Å². The van der Waals surface area contributed by atoms with E-state index in [0.717, 1.165) is 16.0 Å². The zero-order chi connectivity index (χ0) is 10.8. The first-order valence-corrected chi connectivity index (χ1v) is 5.51. The van der Waals surface area contributed by atoms with Gasteiger partial charge in [-0.3, -0.25) is 4.79 Å². The van der Waals surface area contributed by atoms with E-state index in [-0.39, 0.29) is 5.91 Å². The molecule has 0 aliphatic carbocycles. The van der Waals surface area contributed by atoms with Gasteiger partial charge in [0.25, 0.3) is 0 Å². The summed E-state index contributed by atoms with van der Waals surface area (Å²) in [7, 11) is 0. The topological polar surface area (TPSA) is 55.1 Å². The van der Waals surface area contributed by atoms with E-state index >= 15 is 0 Å². The number of nitrogens with one attached hydrogen (secondary N) is 1. The molecule has 15 heavy (non-hydrogen) atoms. The Labute approximate surface area is 91.9 Å². The Hall–Kier alpha value is -1.39. The van der Waals surface area contributed by atoms with Crippen LogP contribution in [0.5, 0.6) is 0 Å². The summed E-state index contributed by atoms with van der Waals surface area (Å²) in [6.07, 6.45) is 0. The molecule has 1 aromatic carbocycles. The van der Waals surface area contributed by atoms with Gasteiger partial charge in [-0.1, -0.05) is 0 Å². The van der Waals surface area contributed by atoms with Crippen LogP contribution in [0.2, 0.25) is 0 Å². The van der Waals surface area contributed by atoms with E-state index in [1.54, 1.807) is 11.3 Å². The van der Waals surface area contributed by atoms with Crippen molar-refractivity contribution in [2.24, 2.45) is 5.73 Å². The number of thiophene rings is 1. The summed E-state index contributed by atoms with van der Waals surface area (Å²) in [5, 5.41) is 3.89. The molecule has 78 valence electrons. The molecule has 0 unspecified atom stereocenters. The molecule has 1 aromatic heterocycles. The van der Waals surface area contributed by atoms with Gasteiger partial charge < -0.3 is 11.1 Å². The third kappa shape index (κ3) is 2.16. The number of hydrogen-bond donors (Lipinski definition) is 2. The highest BCUT2D eigenvalue weighted by Crippen LogP contribution is 2.27. The van der Waals surface area contributed by atoms with Gasteiger partial charge in [0.05, 0.1) is 0 Å². The number of benzene rings is 1. The Morgan fingerprint density at radius 1 is 1.47 bits per heavy atom. The number of carbonyl (C=O) groups excluding carboxylic acids is 1. The molecule has 2 aromatic rings. The standard InChI is InChI=1S/C11H12N2OS/c1-7(14)13-9-2-3-11-8(4-9)5-10(6-12)15-11/h2-5H,6,12H2,1H3,(H,13,14). The average molecular weight is 220 g/mol. The van der Waals surface area contributed by atoms with Crippen LogP contribution in [0.25, 0.3) is 10.1 Å². The van der Waals surface area contributed by atoms with Gasteiger partial charge in [0.2, 0.25) is 5.91 Å². The van der Waals surface area contributed by atoms with Gasteiger partial charge in [-0.05, 0) is 29.7 Å². The van der Waals surface area contributed by atoms with Gasteiger partial charge in [0.1, 0.15) is 0 Å². The second-order valence-electron chi connectivity index (χ2n) is 3.35. The third-order valence-corrected chi connectivity index (χ3v) is 3.23. The summed E-state index contributed by atoms with van der Waals surface area (Å²) in [5.41, 5.74) is 6.40. The van der Waals surface area contributed by atoms with Crippen molar-refractivity contribution in [3.63, 3.8) is 0 Å². The van der Waals surface area contributed by atoms with Crippen LogP contribution in [-0.2, 0) is 11.3 Å². The number of nitrogens with two attached hydrogens (primary N) is 1. The van der Waals surface area contributed by atoms with Crippen LogP contribution in [0.15, 0.2) is 24.3 Å². The summed E-state index contributed by atoms with van der Waals surface area (Å²) in [6.45, 7) is 2.07. The molecular formula is C11H12N2OS. The van der Waals surface area contributed by atoms with Crippen molar-refractivity contribution in [3.8, 4) is 0 Å². The third-order valence-electron chi connectivity index (χ3n) is 2.09. The van der Waals surface area contributed by atoms with E-state index in [2.05, 4.69) is 11.4 Å². The van der Waals surface area contributed by atoms with Crippen molar-refractivity contribution in [1.82, 2.24) is 0 Å². The number of amides is 1. The lowest BCUT2D eigenvalue weighted by Crippen LogP contribution is -2.05. The fraction of sp³-hybridized carbons (Fsp3) is 0.182. The maximum Gasteiger partial charge on any atom is 0.221 e. The Bertz CT molecular complexity index is 504. The van der Waals surface area contributed by atoms with Crippen LogP contribution in [0.3, 0.4) is 0 Å². The molecule has 0 saturated carbocycles. The summed E-state index contributed by atoms with van der Waals surface area (Å²) in [6, 6.07) is 7.93. The molecule has 3 nitrogen and oxygen atoms in total. The zero-order valence-electron chi connectivity index (χ0n) is 8.41. The van der Waals surface area contributed by atoms with E-state index in [0.29, 0.717) is 6.54 Å². The maximum absolute atomic E-state index is 10.9. The molecule has 4 heteroatoms. The molecule has 0 atom stereocenters. The zero-order valence-corrected chi connectivity index (χ0v) is 9.23. The smallest absolute Gasteiger partial charge is 0.221 e. The molecule has 0 bridgehead atoms. The molecule has 2 rings (SSSR count). The van der Waals surface area contributed by atoms with Crippen molar-refractivity contribution >= 4 is 33.0 Å². The van der Waals surface area contributed by atoms with Gasteiger partial charge in [-0.25, -0.2) is 0 Å². The fourth-order valence-electron chi connectivity index (χ4n) is 1.48. The van der Waals surface area contributed by atoms with Gasteiger partial charge in [-0.2, -0.15) is 0 Å². The first-order chi connectivity index (χ1) is 7.19. The molecule has 1 amide bonds. The second kappa shape index (κ2) is 4.00. The molecule has 3 N–H and O–H groups in total. The highest BCUT2D eigenvalue weighted by atomic mass is 32.1. The second-order valence-corrected chi connectivity index (χ2v) is 4.52. The molecule has 1 heterocycles. The van der Waals surface area contributed by atoms with Crippen LogP contribution >= 0.6 is 11.3 Å². The van der Waals surface area contributed by atoms with Crippen molar-refractivity contribution in [2.75, 3.05) is 5.32 Å². The van der Waals surface area contributed by atoms with Crippen molar-refractivity contribution in [2.45, 2.75) is 13.5 Å². The van der Waals surface area contributed by atoms with E-state index < -0.39 is 0 Å². The quantitative estimate of drug-likeness (QED) is 0.816. The fourth-order valence-corrected chi connectivity index (χ4v) is 2.40. The number of anilines is 1. The molecule has 0 aliphatic rings. The molecule has 0 aliphatic heterocycles.